The van der Waals surface area contributed by atoms with Crippen molar-refractivity contribution < 1.29 is 5.11 Å². The van der Waals surface area contributed by atoms with E-state index in [-0.39, 0.29) is 6.61 Å². The molecule has 0 saturated carbocycles. The molecule has 2 nitrogen and oxygen atoms in total. The normalized spacial score (nSPS) is 9.15. The maximum Gasteiger partial charge on any atom is 0.130 e. The van der Waals surface area contributed by atoms with Crippen LogP contribution in [-0.4, -0.2) is 16.7 Å². The van der Waals surface area contributed by atoms with Crippen LogP contribution in [0.4, 0.5) is 0 Å². The van der Waals surface area contributed by atoms with E-state index in [0.29, 0.717) is 11.6 Å². The third-order valence-corrected chi connectivity index (χ3v) is 2.12. The standard InChI is InChI=1S/C9H7BrClNO/c10-8-6-12-9(11)5-7(8)3-1-2-4-13/h5-6,13H,2,4H2. The van der Waals surface area contributed by atoms with E-state index in [0.717, 1.165) is 10.0 Å². The van der Waals surface area contributed by atoms with Crippen molar-refractivity contribution in [3.8, 4) is 11.8 Å². The lowest BCUT2D eigenvalue weighted by Gasteiger charge is -1.94. The van der Waals surface area contributed by atoms with E-state index in [2.05, 4.69) is 32.8 Å². The third-order valence-electron chi connectivity index (χ3n) is 1.28. The Bertz CT molecular complexity index is 356. The van der Waals surface area contributed by atoms with Crippen LogP contribution < -0.4 is 0 Å². The predicted molar refractivity (Wildman–Crippen MR) is 55.5 cm³/mol. The second-order valence-corrected chi connectivity index (χ2v) is 3.50. The minimum absolute atomic E-state index is 0.0729. The molecule has 0 atom stereocenters. The van der Waals surface area contributed by atoms with Gasteiger partial charge in [0.1, 0.15) is 5.15 Å². The van der Waals surface area contributed by atoms with E-state index in [9.17, 15) is 0 Å². The lowest BCUT2D eigenvalue weighted by molar-refractivity contribution is 0.305. The van der Waals surface area contributed by atoms with Crippen molar-refractivity contribution in [2.75, 3.05) is 6.61 Å². The van der Waals surface area contributed by atoms with Crippen LogP contribution in [0.5, 0.6) is 0 Å². The second kappa shape index (κ2) is 5.23. The molecular weight excluding hydrogens is 253 g/mol. The second-order valence-electron chi connectivity index (χ2n) is 2.26. The fraction of sp³-hybridized carbons (Fsp3) is 0.222. The van der Waals surface area contributed by atoms with Gasteiger partial charge >= 0.3 is 0 Å². The van der Waals surface area contributed by atoms with E-state index < -0.39 is 0 Å². The van der Waals surface area contributed by atoms with Crippen molar-refractivity contribution in [3.63, 3.8) is 0 Å². The summed E-state index contributed by atoms with van der Waals surface area (Å²) in [5, 5.41) is 8.93. The van der Waals surface area contributed by atoms with E-state index in [1.807, 2.05) is 0 Å². The van der Waals surface area contributed by atoms with Crippen LogP contribution in [0.2, 0.25) is 5.15 Å². The van der Waals surface area contributed by atoms with Gasteiger partial charge in [0.15, 0.2) is 0 Å². The summed E-state index contributed by atoms with van der Waals surface area (Å²) in [6.45, 7) is 0.0729. The Morgan fingerprint density at radius 1 is 1.62 bits per heavy atom. The average Bonchev–Trinajstić information content (AvgIpc) is 2.11. The van der Waals surface area contributed by atoms with Crippen molar-refractivity contribution >= 4 is 27.5 Å². The van der Waals surface area contributed by atoms with Gasteiger partial charge in [0.25, 0.3) is 0 Å². The van der Waals surface area contributed by atoms with Crippen molar-refractivity contribution in [2.24, 2.45) is 0 Å². The summed E-state index contributed by atoms with van der Waals surface area (Å²) in [6.07, 6.45) is 2.07. The Labute approximate surface area is 90.1 Å². The summed E-state index contributed by atoms with van der Waals surface area (Å²) in [7, 11) is 0. The highest BCUT2D eigenvalue weighted by atomic mass is 79.9. The summed E-state index contributed by atoms with van der Waals surface area (Å²) in [4.78, 5) is 3.87. The Kier molecular flexibility index (Phi) is 4.23. The fourth-order valence-electron chi connectivity index (χ4n) is 0.723. The van der Waals surface area contributed by atoms with Crippen molar-refractivity contribution in [2.45, 2.75) is 6.42 Å². The molecule has 0 aromatic carbocycles. The van der Waals surface area contributed by atoms with E-state index >= 15 is 0 Å². The molecule has 0 unspecified atom stereocenters. The number of aromatic nitrogens is 1. The number of aliphatic hydroxyl groups is 1. The van der Waals surface area contributed by atoms with Crippen LogP contribution in [0.3, 0.4) is 0 Å². The highest BCUT2D eigenvalue weighted by Gasteiger charge is 1.97. The van der Waals surface area contributed by atoms with E-state index in [1.165, 1.54) is 0 Å². The molecule has 0 amide bonds. The molecule has 1 aromatic rings. The molecule has 1 rings (SSSR count). The smallest absolute Gasteiger partial charge is 0.130 e. The van der Waals surface area contributed by atoms with Gasteiger partial charge in [-0.15, -0.1) is 0 Å². The molecule has 0 fully saturated rings. The highest BCUT2D eigenvalue weighted by Crippen LogP contribution is 2.17. The van der Waals surface area contributed by atoms with Crippen LogP contribution in [0, 0.1) is 11.8 Å². The lowest BCUT2D eigenvalue weighted by Crippen LogP contribution is -1.82. The molecule has 1 heterocycles. The molecule has 68 valence electrons. The number of hydrogen-bond acceptors (Lipinski definition) is 2. The quantitative estimate of drug-likeness (QED) is 0.620. The molecule has 0 aliphatic rings. The zero-order valence-corrected chi connectivity index (χ0v) is 9.06. The molecular formula is C9H7BrClNO. The number of aliphatic hydroxyl groups excluding tert-OH is 1. The van der Waals surface area contributed by atoms with Gasteiger partial charge < -0.3 is 5.11 Å². The Morgan fingerprint density at radius 3 is 3.08 bits per heavy atom. The largest absolute Gasteiger partial charge is 0.395 e. The third kappa shape index (κ3) is 3.35. The summed E-state index contributed by atoms with van der Waals surface area (Å²) in [5.41, 5.74) is 0.786. The van der Waals surface area contributed by atoms with Gasteiger partial charge in [-0.2, -0.15) is 0 Å². The van der Waals surface area contributed by atoms with Gasteiger partial charge in [0.2, 0.25) is 0 Å². The Hall–Kier alpha value is -0.560. The van der Waals surface area contributed by atoms with Crippen molar-refractivity contribution in [3.05, 3.63) is 27.5 Å². The van der Waals surface area contributed by atoms with Crippen LogP contribution in [0.1, 0.15) is 12.0 Å². The monoisotopic (exact) mass is 259 g/mol. The Morgan fingerprint density at radius 2 is 2.38 bits per heavy atom. The first kappa shape index (κ1) is 10.5. The number of hydrogen-bond donors (Lipinski definition) is 1. The zero-order valence-electron chi connectivity index (χ0n) is 6.72. The maximum atomic E-state index is 8.52. The lowest BCUT2D eigenvalue weighted by atomic mass is 10.2. The molecule has 0 aliphatic carbocycles. The predicted octanol–water partition coefficient (Wildman–Crippen LogP) is 2.23. The zero-order chi connectivity index (χ0) is 9.68. The minimum atomic E-state index is 0.0729. The van der Waals surface area contributed by atoms with Gasteiger partial charge in [0.05, 0.1) is 11.1 Å². The van der Waals surface area contributed by atoms with Crippen LogP contribution >= 0.6 is 27.5 Å². The molecule has 0 spiro atoms. The molecule has 1 aromatic heterocycles. The molecule has 1 N–H and O–H groups in total. The molecule has 0 aliphatic heterocycles. The van der Waals surface area contributed by atoms with Crippen LogP contribution in [0.15, 0.2) is 16.7 Å². The summed E-state index contributed by atoms with van der Waals surface area (Å²) < 4.78 is 0.808. The van der Waals surface area contributed by atoms with Crippen LogP contribution in [-0.2, 0) is 0 Å². The van der Waals surface area contributed by atoms with Gasteiger partial charge in [-0.25, -0.2) is 4.98 Å². The molecule has 13 heavy (non-hydrogen) atoms. The first-order chi connectivity index (χ1) is 6.24. The molecule has 0 saturated heterocycles. The summed E-state index contributed by atoms with van der Waals surface area (Å²) in [5.74, 6) is 5.68. The number of halogens is 2. The number of rotatable bonds is 1. The fourth-order valence-corrected chi connectivity index (χ4v) is 1.20. The van der Waals surface area contributed by atoms with Gasteiger partial charge in [0, 0.05) is 18.2 Å². The van der Waals surface area contributed by atoms with Crippen molar-refractivity contribution in [1.29, 1.82) is 0 Å². The van der Waals surface area contributed by atoms with Crippen LogP contribution in [0.25, 0.3) is 0 Å². The minimum Gasteiger partial charge on any atom is -0.395 e. The van der Waals surface area contributed by atoms with Gasteiger partial charge in [-0.05, 0) is 22.0 Å². The maximum absolute atomic E-state index is 8.52. The Balaban J connectivity index is 2.89. The SMILES string of the molecule is OCCC#Cc1cc(Cl)ncc1Br. The van der Waals surface area contributed by atoms with Gasteiger partial charge in [-0.3, -0.25) is 0 Å². The highest BCUT2D eigenvalue weighted by molar-refractivity contribution is 9.10. The van der Waals surface area contributed by atoms with Crippen molar-refractivity contribution in [1.82, 2.24) is 4.98 Å². The summed E-state index contributed by atoms with van der Waals surface area (Å²) in [6, 6.07) is 1.68. The number of nitrogens with zero attached hydrogens (tertiary/aromatic N) is 1. The molecule has 4 heteroatoms. The topological polar surface area (TPSA) is 33.1 Å². The van der Waals surface area contributed by atoms with E-state index in [4.69, 9.17) is 16.7 Å². The first-order valence-electron chi connectivity index (χ1n) is 3.65. The first-order valence-corrected chi connectivity index (χ1v) is 4.82. The molecule has 0 bridgehead atoms. The van der Waals surface area contributed by atoms with Gasteiger partial charge in [-0.1, -0.05) is 23.4 Å². The summed E-state index contributed by atoms with van der Waals surface area (Å²) >= 11 is 8.98. The molecule has 0 radical (unpaired) electrons. The van der Waals surface area contributed by atoms with E-state index in [1.54, 1.807) is 12.3 Å². The number of pyridine rings is 1. The average molecular weight is 261 g/mol.